The second-order valence-electron chi connectivity index (χ2n) is 7.84. The van der Waals surface area contributed by atoms with Gasteiger partial charge in [-0.15, -0.1) is 0 Å². The highest BCUT2D eigenvalue weighted by atomic mass is 16.5. The molecular weight excluding hydrogens is 314 g/mol. The molecule has 0 saturated carbocycles. The predicted octanol–water partition coefficient (Wildman–Crippen LogP) is 3.85. The monoisotopic (exact) mass is 347 g/mol. The molecule has 3 rings (SSSR count). The summed E-state index contributed by atoms with van der Waals surface area (Å²) < 4.78 is 17.6. The van der Waals surface area contributed by atoms with Gasteiger partial charge in [0.1, 0.15) is 12.4 Å². The number of likely N-dealkylation sites (N-methyl/N-ethyl adjacent to an activating group) is 1. The Morgan fingerprint density at radius 1 is 1.16 bits per heavy atom. The Kier molecular flexibility index (Phi) is 6.37. The molecule has 1 spiro atoms. The van der Waals surface area contributed by atoms with Crippen molar-refractivity contribution in [3.05, 3.63) is 29.8 Å². The number of ether oxygens (including phenoxy) is 3. The van der Waals surface area contributed by atoms with Gasteiger partial charge in [-0.05, 0) is 56.3 Å². The summed E-state index contributed by atoms with van der Waals surface area (Å²) in [6.07, 6.45) is 4.31. The number of hydrogen-bond acceptors (Lipinski definition) is 4. The third kappa shape index (κ3) is 4.96. The van der Waals surface area contributed by atoms with Crippen LogP contribution in [0.2, 0.25) is 0 Å². The van der Waals surface area contributed by atoms with E-state index in [0.717, 1.165) is 64.4 Å². The lowest BCUT2D eigenvalue weighted by Gasteiger charge is -2.45. The van der Waals surface area contributed by atoms with Crippen molar-refractivity contribution in [2.45, 2.75) is 57.1 Å². The molecule has 2 heterocycles. The maximum Gasteiger partial charge on any atom is 0.119 e. The van der Waals surface area contributed by atoms with E-state index in [4.69, 9.17) is 14.2 Å². The van der Waals surface area contributed by atoms with Crippen LogP contribution < -0.4 is 4.74 Å². The van der Waals surface area contributed by atoms with E-state index in [-0.39, 0.29) is 5.60 Å². The average molecular weight is 347 g/mol. The average Bonchev–Trinajstić information content (AvgIpc) is 2.63. The zero-order valence-corrected chi connectivity index (χ0v) is 16.0. The van der Waals surface area contributed by atoms with Crippen LogP contribution in [0.15, 0.2) is 24.3 Å². The highest BCUT2D eigenvalue weighted by Crippen LogP contribution is 2.35. The first kappa shape index (κ1) is 18.7. The van der Waals surface area contributed by atoms with Crippen LogP contribution in [0.5, 0.6) is 5.75 Å². The molecule has 1 aromatic carbocycles. The van der Waals surface area contributed by atoms with Gasteiger partial charge < -0.3 is 14.2 Å². The highest BCUT2D eigenvalue weighted by Gasteiger charge is 2.39. The summed E-state index contributed by atoms with van der Waals surface area (Å²) >= 11 is 0. The molecule has 1 unspecified atom stereocenters. The zero-order valence-electron chi connectivity index (χ0n) is 16.0. The summed E-state index contributed by atoms with van der Waals surface area (Å²) in [5.74, 6) is 1.52. The standard InChI is InChI=1S/C21H33NO3/c1-17(2)18-4-6-20(7-5-18)24-15-11-22(3)19-8-12-25-21(16-19)9-13-23-14-10-21/h4-7,17,19H,8-16H2,1-3H3. The van der Waals surface area contributed by atoms with Crippen LogP contribution in [0.1, 0.15) is 51.0 Å². The summed E-state index contributed by atoms with van der Waals surface area (Å²) in [4.78, 5) is 2.45. The van der Waals surface area contributed by atoms with Gasteiger partial charge >= 0.3 is 0 Å². The Labute approximate surface area is 152 Å². The molecule has 0 bridgehead atoms. The van der Waals surface area contributed by atoms with Gasteiger partial charge in [0, 0.05) is 32.4 Å². The minimum absolute atomic E-state index is 0.0585. The molecule has 0 radical (unpaired) electrons. The first-order valence-corrected chi connectivity index (χ1v) is 9.73. The summed E-state index contributed by atoms with van der Waals surface area (Å²) in [6, 6.07) is 9.08. The molecule has 1 aromatic rings. The largest absolute Gasteiger partial charge is 0.492 e. The van der Waals surface area contributed by atoms with E-state index >= 15 is 0 Å². The van der Waals surface area contributed by atoms with E-state index in [1.807, 2.05) is 0 Å². The number of nitrogens with zero attached hydrogens (tertiary/aromatic N) is 1. The second kappa shape index (κ2) is 8.52. The smallest absolute Gasteiger partial charge is 0.119 e. The fraction of sp³-hybridized carbons (Fsp3) is 0.714. The first-order valence-electron chi connectivity index (χ1n) is 9.73. The van der Waals surface area contributed by atoms with Crippen molar-refractivity contribution in [2.75, 3.05) is 40.0 Å². The third-order valence-electron chi connectivity index (χ3n) is 5.75. The van der Waals surface area contributed by atoms with Crippen molar-refractivity contribution < 1.29 is 14.2 Å². The molecule has 4 nitrogen and oxygen atoms in total. The van der Waals surface area contributed by atoms with Crippen LogP contribution in [0.25, 0.3) is 0 Å². The van der Waals surface area contributed by atoms with Gasteiger partial charge in [0.2, 0.25) is 0 Å². The first-order chi connectivity index (χ1) is 12.1. The van der Waals surface area contributed by atoms with Crippen LogP contribution in [0.3, 0.4) is 0 Å². The quantitative estimate of drug-likeness (QED) is 0.782. The van der Waals surface area contributed by atoms with Crippen molar-refractivity contribution in [1.82, 2.24) is 4.90 Å². The fourth-order valence-corrected chi connectivity index (χ4v) is 3.91. The lowest BCUT2D eigenvalue weighted by molar-refractivity contribution is -0.150. The fourth-order valence-electron chi connectivity index (χ4n) is 3.91. The predicted molar refractivity (Wildman–Crippen MR) is 100 cm³/mol. The molecule has 2 fully saturated rings. The number of rotatable bonds is 6. The molecule has 25 heavy (non-hydrogen) atoms. The van der Waals surface area contributed by atoms with E-state index in [9.17, 15) is 0 Å². The molecule has 2 saturated heterocycles. The van der Waals surface area contributed by atoms with Crippen LogP contribution >= 0.6 is 0 Å². The summed E-state index contributed by atoms with van der Waals surface area (Å²) in [6.45, 7) is 8.65. The van der Waals surface area contributed by atoms with Crippen molar-refractivity contribution in [3.8, 4) is 5.75 Å². The van der Waals surface area contributed by atoms with E-state index in [0.29, 0.717) is 12.0 Å². The van der Waals surface area contributed by atoms with Crippen molar-refractivity contribution in [2.24, 2.45) is 0 Å². The van der Waals surface area contributed by atoms with E-state index < -0.39 is 0 Å². The maximum absolute atomic E-state index is 6.15. The lowest BCUT2D eigenvalue weighted by atomic mass is 9.83. The van der Waals surface area contributed by atoms with E-state index in [2.05, 4.69) is 50.1 Å². The van der Waals surface area contributed by atoms with Gasteiger partial charge in [0.25, 0.3) is 0 Å². The normalized spacial score (nSPS) is 23.3. The summed E-state index contributed by atoms with van der Waals surface area (Å²) in [5, 5.41) is 0. The highest BCUT2D eigenvalue weighted by molar-refractivity contribution is 5.28. The molecule has 140 valence electrons. The van der Waals surface area contributed by atoms with Gasteiger partial charge in [-0.2, -0.15) is 0 Å². The Morgan fingerprint density at radius 2 is 1.88 bits per heavy atom. The van der Waals surface area contributed by atoms with Crippen LogP contribution in [-0.2, 0) is 9.47 Å². The summed E-state index contributed by atoms with van der Waals surface area (Å²) in [7, 11) is 2.22. The van der Waals surface area contributed by atoms with Gasteiger partial charge in [-0.1, -0.05) is 26.0 Å². The minimum Gasteiger partial charge on any atom is -0.492 e. The maximum atomic E-state index is 6.15. The van der Waals surface area contributed by atoms with E-state index in [1.54, 1.807) is 0 Å². The third-order valence-corrected chi connectivity index (χ3v) is 5.75. The summed E-state index contributed by atoms with van der Waals surface area (Å²) in [5.41, 5.74) is 1.41. The van der Waals surface area contributed by atoms with Crippen LogP contribution in [-0.4, -0.2) is 56.6 Å². The SMILES string of the molecule is CC(C)c1ccc(OCCN(C)C2CCOC3(CCOCC3)C2)cc1. The van der Waals surface area contributed by atoms with E-state index in [1.165, 1.54) is 5.56 Å². The van der Waals surface area contributed by atoms with Crippen LogP contribution in [0, 0.1) is 0 Å². The lowest BCUT2D eigenvalue weighted by Crippen LogP contribution is -2.50. The Hall–Kier alpha value is -1.10. The van der Waals surface area contributed by atoms with Gasteiger partial charge in [-0.3, -0.25) is 4.90 Å². The minimum atomic E-state index is 0.0585. The Bertz CT molecular complexity index is 517. The molecule has 1 atom stereocenters. The number of hydrogen-bond donors (Lipinski definition) is 0. The van der Waals surface area contributed by atoms with Crippen LogP contribution in [0.4, 0.5) is 0 Å². The molecule has 0 amide bonds. The zero-order chi connectivity index (χ0) is 17.7. The van der Waals surface area contributed by atoms with Gasteiger partial charge in [-0.25, -0.2) is 0 Å². The molecule has 2 aliphatic heterocycles. The molecule has 4 heteroatoms. The molecular formula is C21H33NO3. The molecule has 0 N–H and O–H groups in total. The van der Waals surface area contributed by atoms with Gasteiger partial charge in [0.05, 0.1) is 5.60 Å². The number of benzene rings is 1. The second-order valence-corrected chi connectivity index (χ2v) is 7.84. The van der Waals surface area contributed by atoms with Crippen molar-refractivity contribution in [1.29, 1.82) is 0 Å². The Balaban J connectivity index is 1.44. The molecule has 2 aliphatic rings. The topological polar surface area (TPSA) is 30.9 Å². The van der Waals surface area contributed by atoms with Crippen molar-refractivity contribution >= 4 is 0 Å². The van der Waals surface area contributed by atoms with Gasteiger partial charge in [0.15, 0.2) is 0 Å². The molecule has 0 aromatic heterocycles. The molecule has 0 aliphatic carbocycles. The Morgan fingerprint density at radius 3 is 2.56 bits per heavy atom. The van der Waals surface area contributed by atoms with Crippen molar-refractivity contribution in [3.63, 3.8) is 0 Å².